The van der Waals surface area contributed by atoms with E-state index in [-0.39, 0.29) is 18.3 Å². The van der Waals surface area contributed by atoms with E-state index in [1.54, 1.807) is 6.92 Å². The van der Waals surface area contributed by atoms with E-state index in [0.29, 0.717) is 6.54 Å². The van der Waals surface area contributed by atoms with Crippen LogP contribution in [0, 0.1) is 0 Å². The zero-order chi connectivity index (χ0) is 10.6. The number of aliphatic hydroxyl groups excluding tert-OH is 1. The molecular weight excluding hydrogens is 188 g/mol. The van der Waals surface area contributed by atoms with Gasteiger partial charge in [0.25, 0.3) is 11.7 Å². The second-order valence-corrected chi connectivity index (χ2v) is 2.60. The Hall–Kier alpha value is -1.47. The number of nitrogens with zero attached hydrogens (tertiary/aromatic N) is 2. The molecular formula is C7H12N4O3. The molecule has 0 spiro atoms. The summed E-state index contributed by atoms with van der Waals surface area (Å²) in [7, 11) is 0. The summed E-state index contributed by atoms with van der Waals surface area (Å²) in [5, 5.41) is 14.6. The van der Waals surface area contributed by atoms with Gasteiger partial charge in [-0.05, 0) is 6.92 Å². The zero-order valence-corrected chi connectivity index (χ0v) is 7.73. The summed E-state index contributed by atoms with van der Waals surface area (Å²) >= 11 is 0. The predicted molar refractivity (Wildman–Crippen MR) is 46.3 cm³/mol. The van der Waals surface area contributed by atoms with Gasteiger partial charge >= 0.3 is 0 Å². The van der Waals surface area contributed by atoms with Gasteiger partial charge in [-0.15, -0.1) is 0 Å². The van der Waals surface area contributed by atoms with Crippen molar-refractivity contribution in [2.75, 3.05) is 13.2 Å². The number of aliphatic hydroxyl groups is 1. The van der Waals surface area contributed by atoms with Crippen LogP contribution >= 0.6 is 0 Å². The first-order valence-electron chi connectivity index (χ1n) is 4.17. The van der Waals surface area contributed by atoms with Gasteiger partial charge < -0.3 is 20.7 Å². The molecule has 14 heavy (non-hydrogen) atoms. The van der Waals surface area contributed by atoms with Gasteiger partial charge in [0.15, 0.2) is 0 Å². The second kappa shape index (κ2) is 4.68. The Bertz CT molecular complexity index is 312. The van der Waals surface area contributed by atoms with Crippen LogP contribution in [-0.4, -0.2) is 34.3 Å². The van der Waals surface area contributed by atoms with Crippen molar-refractivity contribution in [1.82, 2.24) is 15.5 Å². The lowest BCUT2D eigenvalue weighted by atomic mass is 10.3. The molecule has 78 valence electrons. The summed E-state index contributed by atoms with van der Waals surface area (Å²) in [4.78, 5) is 14.9. The van der Waals surface area contributed by atoms with Crippen LogP contribution in [0.1, 0.15) is 29.5 Å². The van der Waals surface area contributed by atoms with Gasteiger partial charge in [-0.25, -0.2) is 0 Å². The lowest BCUT2D eigenvalue weighted by Gasteiger charge is -1.98. The van der Waals surface area contributed by atoms with Crippen molar-refractivity contribution in [3.05, 3.63) is 11.7 Å². The maximum atomic E-state index is 11.2. The standard InChI is InChI=1S/C7H12N4O3/c1-2-9-6(13)5-10-7(14-11-5)4(8)3-12/h4,12H,2-3,8H2,1H3,(H,9,13). The number of amides is 1. The van der Waals surface area contributed by atoms with E-state index in [9.17, 15) is 4.79 Å². The van der Waals surface area contributed by atoms with E-state index >= 15 is 0 Å². The largest absolute Gasteiger partial charge is 0.394 e. The van der Waals surface area contributed by atoms with E-state index in [4.69, 9.17) is 10.8 Å². The third-order valence-corrected chi connectivity index (χ3v) is 1.50. The third kappa shape index (κ3) is 2.27. The molecule has 1 heterocycles. The first-order valence-corrected chi connectivity index (χ1v) is 4.17. The van der Waals surface area contributed by atoms with Crippen molar-refractivity contribution >= 4 is 5.91 Å². The molecule has 0 aliphatic carbocycles. The number of carbonyl (C=O) groups is 1. The van der Waals surface area contributed by atoms with Crippen LogP contribution in [0.5, 0.6) is 0 Å². The van der Waals surface area contributed by atoms with Crippen LogP contribution in [0.25, 0.3) is 0 Å². The van der Waals surface area contributed by atoms with Crippen LogP contribution in [0.4, 0.5) is 0 Å². The molecule has 1 atom stereocenters. The highest BCUT2D eigenvalue weighted by Gasteiger charge is 2.17. The molecule has 7 nitrogen and oxygen atoms in total. The molecule has 0 fully saturated rings. The molecule has 0 aliphatic heterocycles. The van der Waals surface area contributed by atoms with Crippen molar-refractivity contribution < 1.29 is 14.4 Å². The van der Waals surface area contributed by atoms with Crippen LogP contribution in [-0.2, 0) is 0 Å². The van der Waals surface area contributed by atoms with Gasteiger partial charge in [0.2, 0.25) is 5.89 Å². The van der Waals surface area contributed by atoms with Crippen LogP contribution < -0.4 is 11.1 Å². The second-order valence-electron chi connectivity index (χ2n) is 2.60. The third-order valence-electron chi connectivity index (χ3n) is 1.50. The molecule has 1 amide bonds. The summed E-state index contributed by atoms with van der Waals surface area (Å²) < 4.78 is 4.68. The number of hydrogen-bond acceptors (Lipinski definition) is 6. The van der Waals surface area contributed by atoms with Gasteiger partial charge in [-0.3, -0.25) is 4.79 Å². The highest BCUT2D eigenvalue weighted by atomic mass is 16.5. The molecule has 0 radical (unpaired) electrons. The topological polar surface area (TPSA) is 114 Å². The fourth-order valence-electron chi connectivity index (χ4n) is 0.796. The highest BCUT2D eigenvalue weighted by molar-refractivity contribution is 5.90. The number of aromatic nitrogens is 2. The Kier molecular flexibility index (Phi) is 3.55. The van der Waals surface area contributed by atoms with E-state index in [1.165, 1.54) is 0 Å². The lowest BCUT2D eigenvalue weighted by molar-refractivity contribution is 0.0942. The van der Waals surface area contributed by atoms with Crippen molar-refractivity contribution in [3.8, 4) is 0 Å². The van der Waals surface area contributed by atoms with Crippen molar-refractivity contribution in [1.29, 1.82) is 0 Å². The minimum Gasteiger partial charge on any atom is -0.394 e. The van der Waals surface area contributed by atoms with E-state index in [0.717, 1.165) is 0 Å². The number of nitrogens with one attached hydrogen (secondary N) is 1. The van der Waals surface area contributed by atoms with Gasteiger partial charge in [0.1, 0.15) is 6.04 Å². The Morgan fingerprint density at radius 1 is 1.79 bits per heavy atom. The van der Waals surface area contributed by atoms with E-state index in [1.807, 2.05) is 0 Å². The molecule has 0 aromatic carbocycles. The molecule has 1 unspecified atom stereocenters. The number of nitrogens with two attached hydrogens (primary N) is 1. The maximum Gasteiger partial charge on any atom is 0.292 e. The summed E-state index contributed by atoms with van der Waals surface area (Å²) in [6, 6.07) is -0.745. The number of rotatable bonds is 4. The Labute approximate surface area is 80.3 Å². The Morgan fingerprint density at radius 2 is 2.50 bits per heavy atom. The SMILES string of the molecule is CCNC(=O)c1noc(C(N)CO)n1. The molecule has 0 saturated carbocycles. The van der Waals surface area contributed by atoms with Gasteiger partial charge in [0, 0.05) is 6.54 Å². The van der Waals surface area contributed by atoms with Crippen molar-refractivity contribution in [2.24, 2.45) is 5.73 Å². The molecule has 4 N–H and O–H groups in total. The quantitative estimate of drug-likeness (QED) is 0.563. The van der Waals surface area contributed by atoms with Gasteiger partial charge in [0.05, 0.1) is 6.61 Å². The first kappa shape index (κ1) is 10.6. The van der Waals surface area contributed by atoms with Gasteiger partial charge in [-0.1, -0.05) is 5.16 Å². The number of hydrogen-bond donors (Lipinski definition) is 3. The Balaban J connectivity index is 2.72. The average Bonchev–Trinajstić information content (AvgIpc) is 2.66. The maximum absolute atomic E-state index is 11.2. The highest BCUT2D eigenvalue weighted by Crippen LogP contribution is 2.05. The summed E-state index contributed by atoms with van der Waals surface area (Å²) in [6.07, 6.45) is 0. The molecule has 1 aromatic heterocycles. The fourth-order valence-corrected chi connectivity index (χ4v) is 0.796. The average molecular weight is 200 g/mol. The molecule has 0 saturated heterocycles. The minimum absolute atomic E-state index is 0.0498. The molecule has 0 bridgehead atoms. The lowest BCUT2D eigenvalue weighted by Crippen LogP contribution is -2.24. The minimum atomic E-state index is -0.745. The van der Waals surface area contributed by atoms with E-state index < -0.39 is 11.9 Å². The normalized spacial score (nSPS) is 12.5. The molecule has 7 heteroatoms. The van der Waals surface area contributed by atoms with Crippen LogP contribution in [0.2, 0.25) is 0 Å². The monoisotopic (exact) mass is 200 g/mol. The van der Waals surface area contributed by atoms with Crippen molar-refractivity contribution in [3.63, 3.8) is 0 Å². The smallest absolute Gasteiger partial charge is 0.292 e. The Morgan fingerprint density at radius 3 is 3.07 bits per heavy atom. The summed E-state index contributed by atoms with van der Waals surface area (Å²) in [5.41, 5.74) is 5.40. The molecule has 1 rings (SSSR count). The summed E-state index contributed by atoms with van der Waals surface area (Å²) in [5.74, 6) is -0.452. The molecule has 1 aromatic rings. The molecule has 0 aliphatic rings. The summed E-state index contributed by atoms with van der Waals surface area (Å²) in [6.45, 7) is 1.95. The number of carbonyl (C=O) groups excluding carboxylic acids is 1. The predicted octanol–water partition coefficient (Wildman–Crippen LogP) is -1.19. The fraction of sp³-hybridized carbons (Fsp3) is 0.571. The first-order chi connectivity index (χ1) is 6.69. The van der Waals surface area contributed by atoms with Crippen LogP contribution in [0.15, 0.2) is 4.52 Å². The van der Waals surface area contributed by atoms with Gasteiger partial charge in [-0.2, -0.15) is 4.98 Å². The van der Waals surface area contributed by atoms with Crippen molar-refractivity contribution in [2.45, 2.75) is 13.0 Å². The zero-order valence-electron chi connectivity index (χ0n) is 7.73. The van der Waals surface area contributed by atoms with E-state index in [2.05, 4.69) is 20.0 Å². The van der Waals surface area contributed by atoms with Crippen LogP contribution in [0.3, 0.4) is 0 Å².